The SMILES string of the molecule is C=CC(=O)N1CCC(N2Cc3cnc(Nc4cnn(C)c4)nc3N(C)C2=O)c2ccccc21. The number of nitrogens with zero attached hydrogens (tertiary/aromatic N) is 7. The Bertz CT molecular complexity index is 1250. The van der Waals surface area contributed by atoms with Crippen LogP contribution in [0.3, 0.4) is 0 Å². The Morgan fingerprint density at radius 2 is 2.06 bits per heavy atom. The molecule has 0 saturated heterocycles. The van der Waals surface area contributed by atoms with E-state index in [-0.39, 0.29) is 18.0 Å². The van der Waals surface area contributed by atoms with E-state index in [1.807, 2.05) is 42.4 Å². The number of benzene rings is 1. The van der Waals surface area contributed by atoms with Gasteiger partial charge in [0, 0.05) is 44.3 Å². The third-order valence-corrected chi connectivity index (χ3v) is 6.02. The fraction of sp³-hybridized carbons (Fsp3) is 0.261. The molecule has 1 N–H and O–H groups in total. The van der Waals surface area contributed by atoms with Crippen LogP contribution in [0.25, 0.3) is 0 Å². The molecule has 3 aromatic rings. The highest BCUT2D eigenvalue weighted by Gasteiger charge is 2.38. The quantitative estimate of drug-likeness (QED) is 0.621. The first kappa shape index (κ1) is 20.7. The molecule has 0 spiro atoms. The maximum absolute atomic E-state index is 13.4. The van der Waals surface area contributed by atoms with Crippen molar-refractivity contribution >= 4 is 35.1 Å². The van der Waals surface area contributed by atoms with Crippen molar-refractivity contribution in [1.29, 1.82) is 0 Å². The van der Waals surface area contributed by atoms with Crippen LogP contribution in [-0.4, -0.2) is 50.2 Å². The Kier molecular flexibility index (Phi) is 5.04. The van der Waals surface area contributed by atoms with Crippen molar-refractivity contribution in [3.63, 3.8) is 0 Å². The zero-order chi connectivity index (χ0) is 23.1. The smallest absolute Gasteiger partial charge is 0.321 e. The van der Waals surface area contributed by atoms with Crippen molar-refractivity contribution < 1.29 is 9.59 Å². The lowest BCUT2D eigenvalue weighted by Crippen LogP contribution is -2.49. The molecule has 0 aliphatic carbocycles. The number of aromatic nitrogens is 4. The molecule has 2 aliphatic rings. The zero-order valence-corrected chi connectivity index (χ0v) is 18.5. The Hall–Kier alpha value is -4.21. The van der Waals surface area contributed by atoms with Gasteiger partial charge in [-0.1, -0.05) is 24.8 Å². The molecule has 2 aliphatic heterocycles. The summed E-state index contributed by atoms with van der Waals surface area (Å²) in [6.07, 6.45) is 7.20. The number of aryl methyl sites for hydroxylation is 1. The van der Waals surface area contributed by atoms with E-state index in [1.54, 1.807) is 33.9 Å². The molecule has 0 fully saturated rings. The van der Waals surface area contributed by atoms with Gasteiger partial charge in [0.05, 0.1) is 24.5 Å². The van der Waals surface area contributed by atoms with Gasteiger partial charge in [-0.3, -0.25) is 14.4 Å². The molecular formula is C23H24N8O2. The van der Waals surface area contributed by atoms with Crippen LogP contribution in [0.1, 0.15) is 23.6 Å². The third kappa shape index (κ3) is 3.59. The van der Waals surface area contributed by atoms with Crippen molar-refractivity contribution in [2.45, 2.75) is 19.0 Å². The number of nitrogens with one attached hydrogen (secondary N) is 1. The van der Waals surface area contributed by atoms with Gasteiger partial charge < -0.3 is 15.1 Å². The summed E-state index contributed by atoms with van der Waals surface area (Å²) in [6.45, 7) is 4.51. The van der Waals surface area contributed by atoms with Gasteiger partial charge in [-0.15, -0.1) is 0 Å². The number of hydrogen-bond donors (Lipinski definition) is 1. The molecule has 0 bridgehead atoms. The predicted octanol–water partition coefficient (Wildman–Crippen LogP) is 2.99. The van der Waals surface area contributed by atoms with E-state index < -0.39 is 0 Å². The van der Waals surface area contributed by atoms with Gasteiger partial charge in [-0.2, -0.15) is 10.1 Å². The maximum atomic E-state index is 13.4. The molecule has 2 aromatic heterocycles. The van der Waals surface area contributed by atoms with Crippen LogP contribution in [0.15, 0.2) is 55.5 Å². The number of carbonyl (C=O) groups is 2. The number of hydrogen-bond acceptors (Lipinski definition) is 6. The standard InChI is InChI=1S/C23H24N8O2/c1-4-20(32)30-10-9-19(17-7-5-6-8-18(17)30)31-13-15-11-24-22(26-16-12-25-28(2)14-16)27-21(15)29(3)23(31)33/h4-8,11-12,14,19H,1,9-10,13H2,2-3H3,(H,24,26,27). The summed E-state index contributed by atoms with van der Waals surface area (Å²) in [5, 5.41) is 7.24. The van der Waals surface area contributed by atoms with Crippen molar-refractivity contribution in [3.05, 3.63) is 66.6 Å². The molecular weight excluding hydrogens is 420 g/mol. The second kappa shape index (κ2) is 8.05. The van der Waals surface area contributed by atoms with Crippen LogP contribution in [0.2, 0.25) is 0 Å². The summed E-state index contributed by atoms with van der Waals surface area (Å²) in [6, 6.07) is 7.41. The van der Waals surface area contributed by atoms with Crippen LogP contribution in [0.4, 0.5) is 27.9 Å². The topological polar surface area (TPSA) is 99.5 Å². The van der Waals surface area contributed by atoms with E-state index in [0.29, 0.717) is 31.3 Å². The Morgan fingerprint density at radius 1 is 1.24 bits per heavy atom. The van der Waals surface area contributed by atoms with Gasteiger partial charge in [0.15, 0.2) is 0 Å². The summed E-state index contributed by atoms with van der Waals surface area (Å²) in [4.78, 5) is 39.9. The highest BCUT2D eigenvalue weighted by molar-refractivity contribution is 6.02. The van der Waals surface area contributed by atoms with E-state index in [1.165, 1.54) is 6.08 Å². The fourth-order valence-electron chi connectivity index (χ4n) is 4.46. The molecule has 5 rings (SSSR count). The Morgan fingerprint density at radius 3 is 2.82 bits per heavy atom. The minimum Gasteiger partial charge on any atom is -0.321 e. The number of carbonyl (C=O) groups excluding carboxylic acids is 2. The summed E-state index contributed by atoms with van der Waals surface area (Å²) >= 11 is 0. The minimum atomic E-state index is -0.161. The molecule has 0 radical (unpaired) electrons. The van der Waals surface area contributed by atoms with Gasteiger partial charge in [0.2, 0.25) is 11.9 Å². The van der Waals surface area contributed by atoms with Gasteiger partial charge in [0.25, 0.3) is 0 Å². The molecule has 33 heavy (non-hydrogen) atoms. The van der Waals surface area contributed by atoms with E-state index >= 15 is 0 Å². The lowest BCUT2D eigenvalue weighted by Gasteiger charge is -2.43. The van der Waals surface area contributed by atoms with E-state index in [0.717, 1.165) is 22.5 Å². The van der Waals surface area contributed by atoms with Gasteiger partial charge in [0.1, 0.15) is 5.82 Å². The predicted molar refractivity (Wildman–Crippen MR) is 124 cm³/mol. The second-order valence-corrected chi connectivity index (χ2v) is 8.10. The highest BCUT2D eigenvalue weighted by atomic mass is 16.2. The molecule has 10 heteroatoms. The minimum absolute atomic E-state index is 0.142. The van der Waals surface area contributed by atoms with Gasteiger partial charge in [-0.25, -0.2) is 9.78 Å². The van der Waals surface area contributed by atoms with E-state index in [4.69, 9.17) is 0 Å². The molecule has 10 nitrogen and oxygen atoms in total. The van der Waals surface area contributed by atoms with Crippen LogP contribution in [-0.2, 0) is 18.4 Å². The summed E-state index contributed by atoms with van der Waals surface area (Å²) in [5.41, 5.74) is 3.38. The lowest BCUT2D eigenvalue weighted by molar-refractivity contribution is -0.114. The van der Waals surface area contributed by atoms with Gasteiger partial charge in [-0.05, 0) is 24.1 Å². The molecule has 3 amide bonds. The number of urea groups is 1. The Balaban J connectivity index is 1.44. The zero-order valence-electron chi connectivity index (χ0n) is 18.5. The first-order valence-electron chi connectivity index (χ1n) is 10.6. The number of fused-ring (bicyclic) bond motifs is 2. The molecule has 0 saturated carbocycles. The van der Waals surface area contributed by atoms with Crippen LogP contribution < -0.4 is 15.1 Å². The number of amides is 3. The maximum Gasteiger partial charge on any atom is 0.326 e. The van der Waals surface area contributed by atoms with E-state index in [9.17, 15) is 9.59 Å². The number of rotatable bonds is 4. The molecule has 4 heterocycles. The number of anilines is 4. The second-order valence-electron chi connectivity index (χ2n) is 8.10. The van der Waals surface area contributed by atoms with Crippen molar-refractivity contribution in [3.8, 4) is 0 Å². The monoisotopic (exact) mass is 444 g/mol. The normalized spacial score (nSPS) is 17.5. The first-order valence-corrected chi connectivity index (χ1v) is 10.6. The third-order valence-electron chi connectivity index (χ3n) is 6.02. The van der Waals surface area contributed by atoms with Gasteiger partial charge >= 0.3 is 6.03 Å². The van der Waals surface area contributed by atoms with E-state index in [2.05, 4.69) is 27.0 Å². The van der Waals surface area contributed by atoms with Crippen molar-refractivity contribution in [2.75, 3.05) is 28.7 Å². The molecule has 168 valence electrons. The summed E-state index contributed by atoms with van der Waals surface area (Å²) in [7, 11) is 3.55. The highest BCUT2D eigenvalue weighted by Crippen LogP contribution is 2.41. The van der Waals surface area contributed by atoms with Crippen LogP contribution in [0.5, 0.6) is 0 Å². The van der Waals surface area contributed by atoms with Crippen LogP contribution in [0, 0.1) is 0 Å². The first-order chi connectivity index (χ1) is 16.0. The fourth-order valence-corrected chi connectivity index (χ4v) is 4.46. The van der Waals surface area contributed by atoms with Crippen molar-refractivity contribution in [2.24, 2.45) is 7.05 Å². The average molecular weight is 444 g/mol. The molecule has 1 atom stereocenters. The summed E-state index contributed by atoms with van der Waals surface area (Å²) in [5.74, 6) is 0.831. The molecule has 1 aromatic carbocycles. The summed E-state index contributed by atoms with van der Waals surface area (Å²) < 4.78 is 1.68. The average Bonchev–Trinajstić information content (AvgIpc) is 3.25. The number of para-hydroxylation sites is 1. The Labute approximate surface area is 191 Å². The molecule has 1 unspecified atom stereocenters. The van der Waals surface area contributed by atoms with Crippen LogP contribution >= 0.6 is 0 Å². The lowest BCUT2D eigenvalue weighted by atomic mass is 9.94. The largest absolute Gasteiger partial charge is 0.326 e. The van der Waals surface area contributed by atoms with Crippen molar-refractivity contribution in [1.82, 2.24) is 24.6 Å².